The quantitative estimate of drug-likeness (QED) is 0.735. The van der Waals surface area contributed by atoms with E-state index in [9.17, 15) is 10.2 Å². The number of aliphatic hydroxyl groups is 2. The summed E-state index contributed by atoms with van der Waals surface area (Å²) in [5.74, 6) is 0.0648. The van der Waals surface area contributed by atoms with Gasteiger partial charge in [0.15, 0.2) is 5.06 Å². The lowest BCUT2D eigenvalue weighted by molar-refractivity contribution is 0.186. The van der Waals surface area contributed by atoms with Gasteiger partial charge in [-0.3, -0.25) is 0 Å². The fourth-order valence-corrected chi connectivity index (χ4v) is 2.10. The van der Waals surface area contributed by atoms with E-state index in [0.717, 1.165) is 11.1 Å². The number of allylic oxidation sites excluding steroid dienone is 1. The topological polar surface area (TPSA) is 40.5 Å². The Labute approximate surface area is 99.5 Å². The van der Waals surface area contributed by atoms with Gasteiger partial charge in [-0.05, 0) is 18.1 Å². The summed E-state index contributed by atoms with van der Waals surface area (Å²) in [4.78, 5) is 0. The molecule has 1 aliphatic rings. The molecule has 2 rings (SSSR count). The largest absolute Gasteiger partial charge is 0.507 e. The zero-order valence-electron chi connectivity index (χ0n) is 8.94. The van der Waals surface area contributed by atoms with Gasteiger partial charge in [0.2, 0.25) is 0 Å². The summed E-state index contributed by atoms with van der Waals surface area (Å²) < 4.78 is 0. The molecule has 16 heavy (non-hydrogen) atoms. The Morgan fingerprint density at radius 2 is 1.88 bits per heavy atom. The van der Waals surface area contributed by atoms with Gasteiger partial charge in [-0.25, -0.2) is 0 Å². The molecule has 84 valence electrons. The van der Waals surface area contributed by atoms with Gasteiger partial charge in [-0.15, -0.1) is 0 Å². The number of halogens is 1. The standard InChI is InChI=1S/C13H13ClO2/c1-9-7-8-13(14,16)11(12(9)15)10-5-3-2-4-6-10/h2-7,15-16H,8H2,1H3. The van der Waals surface area contributed by atoms with Crippen molar-refractivity contribution in [2.45, 2.75) is 18.4 Å². The van der Waals surface area contributed by atoms with Crippen LogP contribution >= 0.6 is 11.6 Å². The third-order valence-corrected chi connectivity index (χ3v) is 3.08. The SMILES string of the molecule is CC1=CCC(O)(Cl)C(c2ccccc2)=C1O. The summed E-state index contributed by atoms with van der Waals surface area (Å²) in [6.07, 6.45) is 2.03. The lowest BCUT2D eigenvalue weighted by Gasteiger charge is -2.28. The van der Waals surface area contributed by atoms with E-state index in [0.29, 0.717) is 12.0 Å². The van der Waals surface area contributed by atoms with Crippen LogP contribution in [-0.4, -0.2) is 15.3 Å². The number of rotatable bonds is 1. The van der Waals surface area contributed by atoms with Crippen LogP contribution in [0.5, 0.6) is 0 Å². The fourth-order valence-electron chi connectivity index (χ4n) is 1.83. The molecule has 1 aromatic carbocycles. The molecular weight excluding hydrogens is 224 g/mol. The molecule has 0 heterocycles. The molecule has 2 nitrogen and oxygen atoms in total. The molecule has 0 spiro atoms. The molecule has 0 saturated heterocycles. The second-order valence-corrected chi connectivity index (χ2v) is 4.57. The Morgan fingerprint density at radius 1 is 1.25 bits per heavy atom. The third kappa shape index (κ3) is 1.86. The third-order valence-electron chi connectivity index (χ3n) is 2.73. The Morgan fingerprint density at radius 3 is 2.50 bits per heavy atom. The van der Waals surface area contributed by atoms with Crippen molar-refractivity contribution in [3.8, 4) is 0 Å². The molecular formula is C13H13ClO2. The zero-order valence-corrected chi connectivity index (χ0v) is 9.70. The van der Waals surface area contributed by atoms with Gasteiger partial charge in [-0.2, -0.15) is 0 Å². The number of hydrogen-bond acceptors (Lipinski definition) is 2. The lowest BCUT2D eigenvalue weighted by atomic mass is 9.90. The first-order chi connectivity index (χ1) is 7.52. The van der Waals surface area contributed by atoms with Crippen molar-refractivity contribution in [2.75, 3.05) is 0 Å². The molecule has 1 atom stereocenters. The van der Waals surface area contributed by atoms with E-state index in [1.54, 1.807) is 13.0 Å². The molecule has 1 aliphatic carbocycles. The zero-order chi connectivity index (χ0) is 11.8. The van der Waals surface area contributed by atoms with Crippen molar-refractivity contribution in [1.29, 1.82) is 0 Å². The molecule has 0 aromatic heterocycles. The summed E-state index contributed by atoms with van der Waals surface area (Å²) in [6, 6.07) is 9.20. The first-order valence-electron chi connectivity index (χ1n) is 5.10. The highest BCUT2D eigenvalue weighted by Gasteiger charge is 2.35. The van der Waals surface area contributed by atoms with Crippen LogP contribution in [0.4, 0.5) is 0 Å². The van der Waals surface area contributed by atoms with Gasteiger partial charge in [0.25, 0.3) is 0 Å². The van der Waals surface area contributed by atoms with E-state index >= 15 is 0 Å². The van der Waals surface area contributed by atoms with E-state index in [2.05, 4.69) is 0 Å². The van der Waals surface area contributed by atoms with E-state index in [-0.39, 0.29) is 5.76 Å². The molecule has 0 aliphatic heterocycles. The van der Waals surface area contributed by atoms with Crippen LogP contribution in [0.25, 0.3) is 5.57 Å². The number of aliphatic hydroxyl groups excluding tert-OH is 1. The summed E-state index contributed by atoms with van der Waals surface area (Å²) >= 11 is 6.03. The predicted octanol–water partition coefficient (Wildman–Crippen LogP) is 3.23. The molecule has 0 saturated carbocycles. The van der Waals surface area contributed by atoms with E-state index in [1.807, 2.05) is 30.3 Å². The first kappa shape index (κ1) is 11.2. The van der Waals surface area contributed by atoms with Crippen LogP contribution in [0.2, 0.25) is 0 Å². The molecule has 1 unspecified atom stereocenters. The Hall–Kier alpha value is -1.25. The molecule has 1 aromatic rings. The van der Waals surface area contributed by atoms with Crippen molar-refractivity contribution in [1.82, 2.24) is 0 Å². The lowest BCUT2D eigenvalue weighted by Crippen LogP contribution is -2.26. The van der Waals surface area contributed by atoms with Crippen molar-refractivity contribution in [2.24, 2.45) is 0 Å². The highest BCUT2D eigenvalue weighted by molar-refractivity contribution is 6.29. The van der Waals surface area contributed by atoms with Gasteiger partial charge >= 0.3 is 0 Å². The Kier molecular flexibility index (Phi) is 2.78. The smallest absolute Gasteiger partial charge is 0.171 e. The average molecular weight is 237 g/mol. The second kappa shape index (κ2) is 3.96. The minimum atomic E-state index is -1.52. The monoisotopic (exact) mass is 236 g/mol. The average Bonchev–Trinajstić information content (AvgIpc) is 2.26. The maximum atomic E-state index is 10.1. The second-order valence-electron chi connectivity index (χ2n) is 3.94. The summed E-state index contributed by atoms with van der Waals surface area (Å²) in [6.45, 7) is 1.80. The molecule has 0 fully saturated rings. The van der Waals surface area contributed by atoms with Crippen molar-refractivity contribution in [3.63, 3.8) is 0 Å². The fraction of sp³-hybridized carbons (Fsp3) is 0.231. The van der Waals surface area contributed by atoms with E-state index in [4.69, 9.17) is 11.6 Å². The Bertz CT molecular complexity index is 458. The van der Waals surface area contributed by atoms with Crippen LogP contribution in [0.3, 0.4) is 0 Å². The highest BCUT2D eigenvalue weighted by atomic mass is 35.5. The molecule has 0 amide bonds. The molecule has 0 radical (unpaired) electrons. The van der Waals surface area contributed by atoms with E-state index < -0.39 is 5.06 Å². The minimum Gasteiger partial charge on any atom is -0.507 e. The minimum absolute atomic E-state index is 0.0648. The number of benzene rings is 1. The van der Waals surface area contributed by atoms with Crippen molar-refractivity contribution >= 4 is 17.2 Å². The summed E-state index contributed by atoms with van der Waals surface area (Å²) in [5.41, 5.74) is 1.86. The molecule has 0 bridgehead atoms. The number of alkyl halides is 1. The highest BCUT2D eigenvalue weighted by Crippen LogP contribution is 2.41. The maximum absolute atomic E-state index is 10.1. The van der Waals surface area contributed by atoms with Gasteiger partial charge in [0.1, 0.15) is 5.76 Å². The van der Waals surface area contributed by atoms with Gasteiger partial charge in [0, 0.05) is 12.0 Å². The van der Waals surface area contributed by atoms with Crippen molar-refractivity contribution in [3.05, 3.63) is 53.3 Å². The Balaban J connectivity index is 2.59. The van der Waals surface area contributed by atoms with Crippen molar-refractivity contribution < 1.29 is 10.2 Å². The van der Waals surface area contributed by atoms with Crippen LogP contribution in [-0.2, 0) is 0 Å². The maximum Gasteiger partial charge on any atom is 0.171 e. The van der Waals surface area contributed by atoms with Gasteiger partial charge in [0.05, 0.1) is 0 Å². The van der Waals surface area contributed by atoms with Crippen LogP contribution in [0, 0.1) is 0 Å². The van der Waals surface area contributed by atoms with Crippen LogP contribution in [0.15, 0.2) is 47.7 Å². The van der Waals surface area contributed by atoms with Gasteiger partial charge in [-0.1, -0.05) is 48.0 Å². The number of hydrogen-bond donors (Lipinski definition) is 2. The van der Waals surface area contributed by atoms with Crippen LogP contribution in [0.1, 0.15) is 18.9 Å². The molecule has 3 heteroatoms. The van der Waals surface area contributed by atoms with Crippen LogP contribution < -0.4 is 0 Å². The normalized spacial score (nSPS) is 25.6. The molecule has 2 N–H and O–H groups in total. The summed E-state index contributed by atoms with van der Waals surface area (Å²) in [7, 11) is 0. The van der Waals surface area contributed by atoms with Gasteiger partial charge < -0.3 is 10.2 Å². The first-order valence-corrected chi connectivity index (χ1v) is 5.48. The predicted molar refractivity (Wildman–Crippen MR) is 65.2 cm³/mol. The summed E-state index contributed by atoms with van der Waals surface area (Å²) in [5, 5.41) is 18.5. The van der Waals surface area contributed by atoms with E-state index in [1.165, 1.54) is 0 Å².